The quantitative estimate of drug-likeness (QED) is 0.943. The Labute approximate surface area is 130 Å². The first-order chi connectivity index (χ1) is 10.9. The third-order valence-corrected chi connectivity index (χ3v) is 3.87. The molecule has 1 amide bonds. The van der Waals surface area contributed by atoms with Gasteiger partial charge in [-0.1, -0.05) is 24.3 Å². The van der Waals surface area contributed by atoms with Gasteiger partial charge in [0.15, 0.2) is 6.04 Å². The van der Waals surface area contributed by atoms with Gasteiger partial charge in [-0.2, -0.15) is 13.2 Å². The number of nitrogens with one attached hydrogen (secondary N) is 1. The number of benzene rings is 2. The van der Waals surface area contributed by atoms with Crippen LogP contribution < -0.4 is 10.2 Å². The molecule has 3 rings (SSSR count). The summed E-state index contributed by atoms with van der Waals surface area (Å²) >= 11 is 0. The number of ether oxygens (including phenoxy) is 1. The monoisotopic (exact) mass is 324 g/mol. The summed E-state index contributed by atoms with van der Waals surface area (Å²) in [5.41, 5.74) is 2.36. The molecule has 1 fully saturated rings. The lowest BCUT2D eigenvalue weighted by atomic mass is 9.97. The molecule has 1 heterocycles. The van der Waals surface area contributed by atoms with Crippen LogP contribution in [0.15, 0.2) is 36.4 Å². The van der Waals surface area contributed by atoms with Gasteiger partial charge in [0.05, 0.1) is 7.11 Å². The normalized spacial score (nSPS) is 17.3. The average molecular weight is 324 g/mol. The number of rotatable bonds is 3. The van der Waals surface area contributed by atoms with Crippen molar-refractivity contribution in [2.24, 2.45) is 0 Å². The first kappa shape index (κ1) is 15.6. The van der Waals surface area contributed by atoms with Gasteiger partial charge in [-0.25, -0.2) is 5.01 Å². The molecule has 122 valence electrons. The molecule has 0 bridgehead atoms. The van der Waals surface area contributed by atoms with Gasteiger partial charge in [0.2, 0.25) is 5.91 Å². The largest absolute Gasteiger partial charge is 0.497 e. The first-order valence-corrected chi connectivity index (χ1v) is 7.09. The van der Waals surface area contributed by atoms with E-state index in [2.05, 4.69) is 5.43 Å². The van der Waals surface area contributed by atoms with E-state index in [-0.39, 0.29) is 18.5 Å². The van der Waals surface area contributed by atoms with Crippen molar-refractivity contribution in [3.8, 4) is 5.75 Å². The summed E-state index contributed by atoms with van der Waals surface area (Å²) in [5, 5.41) is 2.09. The minimum absolute atomic E-state index is 0.00848. The minimum Gasteiger partial charge on any atom is -0.497 e. The number of carbonyl (C=O) groups is 1. The number of alkyl halides is 3. The number of fused-ring (bicyclic) bond motifs is 1. The van der Waals surface area contributed by atoms with Crippen LogP contribution in [0.5, 0.6) is 5.75 Å². The highest BCUT2D eigenvalue weighted by atomic mass is 19.4. The zero-order valence-electron chi connectivity index (χ0n) is 12.4. The number of hydrogen-bond acceptors (Lipinski definition) is 3. The topological polar surface area (TPSA) is 41.6 Å². The number of hydrogen-bond donors (Lipinski definition) is 1. The Morgan fingerprint density at radius 2 is 2.00 bits per heavy atom. The highest BCUT2D eigenvalue weighted by Crippen LogP contribution is 2.42. The van der Waals surface area contributed by atoms with Gasteiger partial charge in [-0.3, -0.25) is 10.2 Å². The molecule has 1 aliphatic rings. The smallest absolute Gasteiger partial charge is 0.409 e. The molecule has 1 atom stereocenters. The molecule has 2 aromatic carbocycles. The molecule has 1 N–H and O–H groups in total. The second kappa shape index (κ2) is 5.73. The molecular formula is C16H15F3N2O2. The first-order valence-electron chi connectivity index (χ1n) is 7.09. The molecule has 0 aromatic heterocycles. The van der Waals surface area contributed by atoms with Gasteiger partial charge in [0.25, 0.3) is 0 Å². The standard InChI is InChI=1S/C16H15F3N2O2/c1-23-11-8-10-4-2-3-5-12(10)13(9-11)15(16(17,18)19)21-7-6-14(22)20-21/h2-5,8-9,15H,6-7H2,1H3,(H,20,22)/t15-/m0/s1. The van der Waals surface area contributed by atoms with Crippen LogP contribution in [0.2, 0.25) is 0 Å². The summed E-state index contributed by atoms with van der Waals surface area (Å²) < 4.78 is 46.3. The number of amides is 1. The maximum atomic E-state index is 13.7. The minimum atomic E-state index is -4.53. The predicted molar refractivity (Wildman–Crippen MR) is 78.8 cm³/mol. The molecule has 1 saturated heterocycles. The maximum absolute atomic E-state index is 13.7. The Morgan fingerprint density at radius 1 is 1.26 bits per heavy atom. The summed E-state index contributed by atoms with van der Waals surface area (Å²) in [6, 6.07) is 7.96. The zero-order chi connectivity index (χ0) is 16.6. The van der Waals surface area contributed by atoms with Crippen molar-refractivity contribution in [1.29, 1.82) is 0 Å². The van der Waals surface area contributed by atoms with Crippen LogP contribution in [-0.4, -0.2) is 30.7 Å². The van der Waals surface area contributed by atoms with Crippen molar-refractivity contribution in [2.45, 2.75) is 18.6 Å². The summed E-state index contributed by atoms with van der Waals surface area (Å²) in [6.45, 7) is 0.00848. The Morgan fingerprint density at radius 3 is 2.61 bits per heavy atom. The zero-order valence-corrected chi connectivity index (χ0v) is 12.4. The Kier molecular flexibility index (Phi) is 3.89. The van der Waals surface area contributed by atoms with Crippen LogP contribution in [0.4, 0.5) is 13.2 Å². The van der Waals surface area contributed by atoms with Gasteiger partial charge < -0.3 is 4.74 Å². The Balaban J connectivity index is 2.19. The molecule has 0 spiro atoms. The molecule has 23 heavy (non-hydrogen) atoms. The van der Waals surface area contributed by atoms with E-state index in [1.54, 1.807) is 30.3 Å². The van der Waals surface area contributed by atoms with Crippen molar-refractivity contribution in [3.63, 3.8) is 0 Å². The third kappa shape index (κ3) is 2.96. The fraction of sp³-hybridized carbons (Fsp3) is 0.312. The lowest BCUT2D eigenvalue weighted by molar-refractivity contribution is -0.190. The van der Waals surface area contributed by atoms with E-state index in [0.717, 1.165) is 5.01 Å². The van der Waals surface area contributed by atoms with Crippen LogP contribution in [0.1, 0.15) is 18.0 Å². The third-order valence-electron chi connectivity index (χ3n) is 3.87. The summed E-state index contributed by atoms with van der Waals surface area (Å²) in [6.07, 6.45) is -4.48. The molecule has 0 aliphatic carbocycles. The second-order valence-electron chi connectivity index (χ2n) is 5.36. The Hall–Kier alpha value is -2.28. The highest BCUT2D eigenvalue weighted by Gasteiger charge is 2.47. The van der Waals surface area contributed by atoms with Crippen LogP contribution >= 0.6 is 0 Å². The van der Waals surface area contributed by atoms with Gasteiger partial charge in [-0.05, 0) is 28.5 Å². The SMILES string of the molecule is COc1cc([C@H](N2CCC(=O)N2)C(F)(F)F)c2ccccc2c1. The highest BCUT2D eigenvalue weighted by molar-refractivity contribution is 5.88. The molecular weight excluding hydrogens is 309 g/mol. The van der Waals surface area contributed by atoms with Crippen LogP contribution in [-0.2, 0) is 4.79 Å². The summed E-state index contributed by atoms with van der Waals surface area (Å²) in [5.74, 6) is -0.0649. The molecule has 0 radical (unpaired) electrons. The molecule has 2 aromatic rings. The van der Waals surface area contributed by atoms with Gasteiger partial charge in [0, 0.05) is 13.0 Å². The molecule has 0 saturated carbocycles. The number of hydrazine groups is 1. The van der Waals surface area contributed by atoms with Gasteiger partial charge in [-0.15, -0.1) is 0 Å². The number of halogens is 3. The second-order valence-corrected chi connectivity index (χ2v) is 5.36. The van der Waals surface area contributed by atoms with E-state index in [0.29, 0.717) is 16.5 Å². The average Bonchev–Trinajstić information content (AvgIpc) is 2.91. The molecule has 4 nitrogen and oxygen atoms in total. The number of methoxy groups -OCH3 is 1. The van der Waals surface area contributed by atoms with Gasteiger partial charge >= 0.3 is 6.18 Å². The summed E-state index contributed by atoms with van der Waals surface area (Å²) in [7, 11) is 1.41. The fourth-order valence-corrected chi connectivity index (χ4v) is 2.86. The maximum Gasteiger partial charge on any atom is 0.409 e. The van der Waals surface area contributed by atoms with E-state index >= 15 is 0 Å². The van der Waals surface area contributed by atoms with Crippen molar-refractivity contribution in [1.82, 2.24) is 10.4 Å². The molecule has 7 heteroatoms. The van der Waals surface area contributed by atoms with Gasteiger partial charge in [0.1, 0.15) is 5.75 Å². The number of carbonyl (C=O) groups excluding carboxylic acids is 1. The van der Waals surface area contributed by atoms with Crippen molar-refractivity contribution >= 4 is 16.7 Å². The van der Waals surface area contributed by atoms with Crippen molar-refractivity contribution in [3.05, 3.63) is 42.0 Å². The lowest BCUT2D eigenvalue weighted by Gasteiger charge is -2.30. The number of nitrogens with zero attached hydrogens (tertiary/aromatic N) is 1. The van der Waals surface area contributed by atoms with E-state index < -0.39 is 18.1 Å². The van der Waals surface area contributed by atoms with Crippen molar-refractivity contribution in [2.75, 3.05) is 13.7 Å². The Bertz CT molecular complexity index is 746. The molecule has 0 unspecified atom stereocenters. The van der Waals surface area contributed by atoms with E-state index in [1.165, 1.54) is 13.2 Å². The lowest BCUT2D eigenvalue weighted by Crippen LogP contribution is -2.43. The van der Waals surface area contributed by atoms with E-state index in [1.807, 2.05) is 0 Å². The predicted octanol–water partition coefficient (Wildman–Crippen LogP) is 3.19. The van der Waals surface area contributed by atoms with Crippen molar-refractivity contribution < 1.29 is 22.7 Å². The van der Waals surface area contributed by atoms with Crippen LogP contribution in [0.3, 0.4) is 0 Å². The van der Waals surface area contributed by atoms with Crippen LogP contribution in [0, 0.1) is 0 Å². The fourth-order valence-electron chi connectivity index (χ4n) is 2.86. The molecule has 1 aliphatic heterocycles. The summed E-state index contributed by atoms with van der Waals surface area (Å²) in [4.78, 5) is 11.4. The van der Waals surface area contributed by atoms with Crippen LogP contribution in [0.25, 0.3) is 10.8 Å². The van der Waals surface area contributed by atoms with E-state index in [9.17, 15) is 18.0 Å². The van der Waals surface area contributed by atoms with E-state index in [4.69, 9.17) is 4.74 Å².